The minimum Gasteiger partial charge on any atom is -0.497 e. The van der Waals surface area contributed by atoms with E-state index in [1.54, 1.807) is 23.6 Å². The molecule has 21 heavy (non-hydrogen) atoms. The van der Waals surface area contributed by atoms with Crippen molar-refractivity contribution in [2.75, 3.05) is 26.1 Å². The third-order valence-electron chi connectivity index (χ3n) is 3.55. The van der Waals surface area contributed by atoms with Crippen LogP contribution in [0.5, 0.6) is 5.75 Å². The van der Waals surface area contributed by atoms with Gasteiger partial charge in [0.25, 0.3) is 0 Å². The number of tetrazole rings is 1. The highest BCUT2D eigenvalue weighted by molar-refractivity contribution is 7.99. The van der Waals surface area contributed by atoms with Crippen LogP contribution in [-0.4, -0.2) is 46.3 Å². The second-order valence-corrected chi connectivity index (χ2v) is 5.93. The molecule has 0 N–H and O–H groups in total. The average Bonchev–Trinajstić information content (AvgIpc) is 3.02. The van der Waals surface area contributed by atoms with Gasteiger partial charge in [-0.2, -0.15) is 4.68 Å². The maximum atomic E-state index is 5.38. The van der Waals surface area contributed by atoms with Gasteiger partial charge in [-0.3, -0.25) is 0 Å². The number of thioether (sulfide) groups is 1. The van der Waals surface area contributed by atoms with Gasteiger partial charge in [0, 0.05) is 19.0 Å². The number of methoxy groups -OCH3 is 1. The van der Waals surface area contributed by atoms with E-state index in [9.17, 15) is 0 Å². The van der Waals surface area contributed by atoms with E-state index in [4.69, 9.17) is 9.47 Å². The predicted molar refractivity (Wildman–Crippen MR) is 80.0 cm³/mol. The molecule has 6 nitrogen and oxygen atoms in total. The molecule has 1 fully saturated rings. The first-order valence-corrected chi connectivity index (χ1v) is 7.99. The zero-order valence-electron chi connectivity index (χ0n) is 11.9. The van der Waals surface area contributed by atoms with Gasteiger partial charge in [-0.05, 0) is 53.5 Å². The Balaban J connectivity index is 1.67. The standard InChI is InChI=1S/C14H18N4O2S/c1-19-13-4-2-12(3-5-13)18-14(15-16-17-18)21-10-11-6-8-20-9-7-11/h2-5,11H,6-10H2,1H3. The van der Waals surface area contributed by atoms with Crippen LogP contribution in [0.1, 0.15) is 12.8 Å². The molecule has 3 rings (SSSR count). The SMILES string of the molecule is COc1ccc(-n2nnnc2SCC2CCOCC2)cc1. The summed E-state index contributed by atoms with van der Waals surface area (Å²) in [6.45, 7) is 1.74. The van der Waals surface area contributed by atoms with Gasteiger partial charge in [-0.15, -0.1) is 5.10 Å². The quantitative estimate of drug-likeness (QED) is 0.789. The lowest BCUT2D eigenvalue weighted by Crippen LogP contribution is -2.17. The van der Waals surface area contributed by atoms with Gasteiger partial charge >= 0.3 is 0 Å². The number of rotatable bonds is 5. The zero-order chi connectivity index (χ0) is 14.5. The molecule has 0 unspecified atom stereocenters. The van der Waals surface area contributed by atoms with Crippen LogP contribution in [0.15, 0.2) is 29.4 Å². The lowest BCUT2D eigenvalue weighted by Gasteiger charge is -2.21. The highest BCUT2D eigenvalue weighted by atomic mass is 32.2. The Kier molecular flexibility index (Phi) is 4.72. The van der Waals surface area contributed by atoms with Crippen LogP contribution in [0.3, 0.4) is 0 Å². The van der Waals surface area contributed by atoms with Crippen molar-refractivity contribution < 1.29 is 9.47 Å². The molecule has 1 aliphatic rings. The van der Waals surface area contributed by atoms with E-state index in [1.165, 1.54) is 0 Å². The first-order chi connectivity index (χ1) is 10.4. The minimum atomic E-state index is 0.685. The topological polar surface area (TPSA) is 62.1 Å². The summed E-state index contributed by atoms with van der Waals surface area (Å²) in [4.78, 5) is 0. The van der Waals surface area contributed by atoms with Crippen LogP contribution in [0, 0.1) is 5.92 Å². The predicted octanol–water partition coefficient (Wildman–Crippen LogP) is 2.19. The molecule has 0 aliphatic carbocycles. The third-order valence-corrected chi connectivity index (χ3v) is 4.70. The maximum Gasteiger partial charge on any atom is 0.214 e. The fourth-order valence-electron chi connectivity index (χ4n) is 2.26. The van der Waals surface area contributed by atoms with Gasteiger partial charge < -0.3 is 9.47 Å². The van der Waals surface area contributed by atoms with Crippen LogP contribution < -0.4 is 4.74 Å². The summed E-state index contributed by atoms with van der Waals surface area (Å²) in [7, 11) is 1.65. The van der Waals surface area contributed by atoms with Crippen molar-refractivity contribution in [1.82, 2.24) is 20.2 Å². The monoisotopic (exact) mass is 306 g/mol. The third kappa shape index (κ3) is 3.54. The first kappa shape index (κ1) is 14.3. The molecule has 0 spiro atoms. The molecule has 7 heteroatoms. The molecule has 2 heterocycles. The van der Waals surface area contributed by atoms with E-state index >= 15 is 0 Å². The highest BCUT2D eigenvalue weighted by Gasteiger charge is 2.16. The van der Waals surface area contributed by atoms with Gasteiger partial charge in [0.1, 0.15) is 5.75 Å². The molecule has 1 saturated heterocycles. The molecule has 0 radical (unpaired) electrons. The first-order valence-electron chi connectivity index (χ1n) is 7.00. The molecule has 1 aliphatic heterocycles. The van der Waals surface area contributed by atoms with Crippen molar-refractivity contribution in [1.29, 1.82) is 0 Å². The Morgan fingerprint density at radius 3 is 2.76 bits per heavy atom. The fraction of sp³-hybridized carbons (Fsp3) is 0.500. The van der Waals surface area contributed by atoms with E-state index < -0.39 is 0 Å². The molecule has 1 aromatic carbocycles. The van der Waals surface area contributed by atoms with Crippen molar-refractivity contribution in [2.24, 2.45) is 5.92 Å². The second kappa shape index (κ2) is 6.91. The number of hydrogen-bond acceptors (Lipinski definition) is 6. The minimum absolute atomic E-state index is 0.685. The molecule has 112 valence electrons. The van der Waals surface area contributed by atoms with E-state index in [0.717, 1.165) is 48.4 Å². The molecule has 0 bridgehead atoms. The van der Waals surface area contributed by atoms with Crippen molar-refractivity contribution >= 4 is 11.8 Å². The van der Waals surface area contributed by atoms with Gasteiger partial charge in [-0.1, -0.05) is 11.8 Å². The number of ether oxygens (including phenoxy) is 2. The lowest BCUT2D eigenvalue weighted by atomic mass is 10.0. The molecule has 0 atom stereocenters. The maximum absolute atomic E-state index is 5.38. The molecular formula is C14H18N4O2S. The second-order valence-electron chi connectivity index (χ2n) is 4.94. The summed E-state index contributed by atoms with van der Waals surface area (Å²) >= 11 is 1.71. The number of benzene rings is 1. The van der Waals surface area contributed by atoms with Crippen LogP contribution >= 0.6 is 11.8 Å². The zero-order valence-corrected chi connectivity index (χ0v) is 12.8. The van der Waals surface area contributed by atoms with Crippen LogP contribution in [0.2, 0.25) is 0 Å². The smallest absolute Gasteiger partial charge is 0.214 e. The Labute approximate surface area is 127 Å². The molecule has 0 amide bonds. The Morgan fingerprint density at radius 2 is 2.05 bits per heavy atom. The Morgan fingerprint density at radius 1 is 1.29 bits per heavy atom. The molecular weight excluding hydrogens is 288 g/mol. The summed E-state index contributed by atoms with van der Waals surface area (Å²) < 4.78 is 12.3. The average molecular weight is 306 g/mol. The van der Waals surface area contributed by atoms with E-state index in [0.29, 0.717) is 5.92 Å². The number of hydrogen-bond donors (Lipinski definition) is 0. The van der Waals surface area contributed by atoms with Crippen molar-refractivity contribution in [2.45, 2.75) is 18.0 Å². The van der Waals surface area contributed by atoms with E-state index in [1.807, 2.05) is 24.3 Å². The van der Waals surface area contributed by atoms with Crippen molar-refractivity contribution in [3.8, 4) is 11.4 Å². The molecule has 0 saturated carbocycles. The Hall–Kier alpha value is -1.60. The summed E-state index contributed by atoms with van der Waals surface area (Å²) in [5.74, 6) is 2.54. The van der Waals surface area contributed by atoms with E-state index in [2.05, 4.69) is 15.5 Å². The van der Waals surface area contributed by atoms with Crippen molar-refractivity contribution in [3.63, 3.8) is 0 Å². The van der Waals surface area contributed by atoms with Gasteiger partial charge in [0.05, 0.1) is 12.8 Å². The lowest BCUT2D eigenvalue weighted by molar-refractivity contribution is 0.0728. The summed E-state index contributed by atoms with van der Waals surface area (Å²) in [5.41, 5.74) is 0.940. The number of aromatic nitrogens is 4. The van der Waals surface area contributed by atoms with Crippen LogP contribution in [-0.2, 0) is 4.74 Å². The van der Waals surface area contributed by atoms with Crippen LogP contribution in [0.25, 0.3) is 5.69 Å². The highest BCUT2D eigenvalue weighted by Crippen LogP contribution is 2.25. The van der Waals surface area contributed by atoms with Crippen molar-refractivity contribution in [3.05, 3.63) is 24.3 Å². The van der Waals surface area contributed by atoms with Gasteiger partial charge in [0.2, 0.25) is 5.16 Å². The summed E-state index contributed by atoms with van der Waals surface area (Å²) in [6.07, 6.45) is 2.24. The summed E-state index contributed by atoms with van der Waals surface area (Å²) in [6, 6.07) is 7.72. The van der Waals surface area contributed by atoms with Gasteiger partial charge in [0.15, 0.2) is 0 Å². The number of nitrogens with zero attached hydrogens (tertiary/aromatic N) is 4. The van der Waals surface area contributed by atoms with Gasteiger partial charge in [-0.25, -0.2) is 0 Å². The molecule has 1 aromatic heterocycles. The van der Waals surface area contributed by atoms with E-state index in [-0.39, 0.29) is 0 Å². The largest absolute Gasteiger partial charge is 0.497 e. The van der Waals surface area contributed by atoms with Crippen LogP contribution in [0.4, 0.5) is 0 Å². The normalized spacial score (nSPS) is 16.0. The molecule has 2 aromatic rings. The Bertz CT molecular complexity index is 567. The fourth-order valence-corrected chi connectivity index (χ4v) is 3.34. The summed E-state index contributed by atoms with van der Waals surface area (Å²) in [5, 5.41) is 12.8.